The summed E-state index contributed by atoms with van der Waals surface area (Å²) in [6.07, 6.45) is 1.88. The van der Waals surface area contributed by atoms with Gasteiger partial charge in [-0.05, 0) is 29.8 Å². The van der Waals surface area contributed by atoms with E-state index in [0.29, 0.717) is 5.56 Å². The number of nitro benzene ring substituents is 1. The van der Waals surface area contributed by atoms with E-state index in [4.69, 9.17) is 11.6 Å². The molecule has 31 heavy (non-hydrogen) atoms. The van der Waals surface area contributed by atoms with Crippen LogP contribution in [-0.4, -0.2) is 29.2 Å². The van der Waals surface area contributed by atoms with Crippen LogP contribution in [0.1, 0.15) is 21.5 Å². The summed E-state index contributed by atoms with van der Waals surface area (Å²) >= 11 is 6.08. The van der Waals surface area contributed by atoms with E-state index in [-0.39, 0.29) is 34.5 Å². The van der Waals surface area contributed by atoms with Crippen LogP contribution < -0.4 is 0 Å². The number of nitrogens with zero attached hydrogens (tertiary/aromatic N) is 2. The molecule has 3 aromatic rings. The smallest absolute Gasteiger partial charge is 0.270 e. The monoisotopic (exact) mass is 456 g/mol. The molecule has 160 valence electrons. The Kier molecular flexibility index (Phi) is 8.51. The number of halogens is 2. The lowest BCUT2D eigenvalue weighted by Gasteiger charge is -2.14. The molecular weight excluding hydrogens is 435 g/mol. The highest BCUT2D eigenvalue weighted by Crippen LogP contribution is 2.26. The molecule has 0 fully saturated rings. The van der Waals surface area contributed by atoms with Crippen molar-refractivity contribution in [3.8, 4) is 11.1 Å². The molecule has 0 N–H and O–H groups in total. The van der Waals surface area contributed by atoms with E-state index in [0.717, 1.165) is 24.2 Å². The van der Waals surface area contributed by atoms with E-state index in [1.54, 1.807) is 12.1 Å². The molecule has 0 bridgehead atoms. The minimum atomic E-state index is -0.544. The lowest BCUT2D eigenvalue weighted by atomic mass is 9.98. The van der Waals surface area contributed by atoms with Crippen molar-refractivity contribution in [3.05, 3.63) is 111 Å². The van der Waals surface area contributed by atoms with Crippen LogP contribution in [0.5, 0.6) is 0 Å². The van der Waals surface area contributed by atoms with E-state index >= 15 is 0 Å². The van der Waals surface area contributed by atoms with Crippen molar-refractivity contribution in [1.29, 1.82) is 0 Å². The van der Waals surface area contributed by atoms with Gasteiger partial charge < -0.3 is 0 Å². The van der Waals surface area contributed by atoms with Crippen LogP contribution in [0.15, 0.2) is 79.4 Å². The molecule has 0 aliphatic heterocycles. The number of non-ortho nitro benzene ring substituents is 1. The van der Waals surface area contributed by atoms with Gasteiger partial charge in [-0.1, -0.05) is 66.2 Å². The maximum absolute atomic E-state index is 12.7. The molecule has 0 atom stereocenters. The van der Waals surface area contributed by atoms with Gasteiger partial charge in [-0.2, -0.15) is 0 Å². The first-order valence-corrected chi connectivity index (χ1v) is 9.74. The molecule has 0 amide bonds. The third kappa shape index (κ3) is 6.01. The minimum Gasteiger partial charge on any atom is -0.298 e. The predicted molar refractivity (Wildman–Crippen MR) is 127 cm³/mol. The summed E-state index contributed by atoms with van der Waals surface area (Å²) in [4.78, 5) is 25.2. The Hall–Kier alpha value is -2.99. The second kappa shape index (κ2) is 10.9. The van der Waals surface area contributed by atoms with Gasteiger partial charge in [-0.15, -0.1) is 19.0 Å². The van der Waals surface area contributed by atoms with E-state index in [9.17, 15) is 14.9 Å². The zero-order valence-electron chi connectivity index (χ0n) is 17.0. The molecule has 7 heteroatoms. The third-order valence-electron chi connectivity index (χ3n) is 4.74. The van der Waals surface area contributed by atoms with Crippen LogP contribution in [0.25, 0.3) is 11.1 Å². The highest BCUT2D eigenvalue weighted by Gasteiger charge is 2.16. The number of carbonyl (C=O) groups excluding carboxylic acids is 1. The second-order valence-electron chi connectivity index (χ2n) is 7.01. The van der Waals surface area contributed by atoms with Crippen LogP contribution in [0.4, 0.5) is 5.69 Å². The van der Waals surface area contributed by atoms with Gasteiger partial charge >= 0.3 is 0 Å². The molecule has 0 spiro atoms. The Morgan fingerprint density at radius 1 is 1.06 bits per heavy atom. The summed E-state index contributed by atoms with van der Waals surface area (Å²) in [5.41, 5.74) is 3.82. The maximum Gasteiger partial charge on any atom is 0.270 e. The lowest BCUT2D eigenvalue weighted by molar-refractivity contribution is -0.384. The largest absolute Gasteiger partial charge is 0.298 e. The van der Waals surface area contributed by atoms with Gasteiger partial charge in [0.15, 0.2) is 5.78 Å². The second-order valence-corrected chi connectivity index (χ2v) is 7.42. The number of likely N-dealkylation sites (N-methyl/N-ethyl adjacent to an activating group) is 1. The van der Waals surface area contributed by atoms with Crippen molar-refractivity contribution >= 4 is 35.5 Å². The lowest BCUT2D eigenvalue weighted by Crippen LogP contribution is -2.17. The summed E-state index contributed by atoms with van der Waals surface area (Å²) in [5, 5.41) is 10.9. The Balaban J connectivity index is 0.00000341. The van der Waals surface area contributed by atoms with E-state index in [1.165, 1.54) is 23.8 Å². The van der Waals surface area contributed by atoms with Crippen molar-refractivity contribution in [2.24, 2.45) is 0 Å². The quantitative estimate of drug-likeness (QED) is 0.175. The third-order valence-corrected chi connectivity index (χ3v) is 5.05. The summed E-state index contributed by atoms with van der Waals surface area (Å²) < 4.78 is 0. The molecule has 0 radical (unpaired) electrons. The average molecular weight is 457 g/mol. The normalized spacial score (nSPS) is 10.4. The molecule has 0 unspecified atom stereocenters. The number of ketones is 1. The number of hydrogen-bond donors (Lipinski definition) is 0. The summed E-state index contributed by atoms with van der Waals surface area (Å²) in [5.74, 6) is -0.276. The standard InChI is InChI=1S/C24H21ClN2O3.ClH/c1-3-14-26(2)16-17-4-6-18(7-5-17)19-8-10-20(11-9-19)24(28)22-13-12-21(27(29)30)15-23(22)25;/h3-13,15H,1,14,16H2,2H3;1H. The maximum atomic E-state index is 12.7. The molecule has 0 aromatic heterocycles. The first-order chi connectivity index (χ1) is 14.4. The number of hydrogen-bond acceptors (Lipinski definition) is 4. The van der Waals surface area contributed by atoms with Crippen LogP contribution in [0.2, 0.25) is 5.02 Å². The van der Waals surface area contributed by atoms with Gasteiger partial charge in [-0.3, -0.25) is 19.8 Å². The summed E-state index contributed by atoms with van der Waals surface area (Å²) in [7, 11) is 2.04. The molecule has 3 rings (SSSR count). The van der Waals surface area contributed by atoms with E-state index < -0.39 is 4.92 Å². The fourth-order valence-corrected chi connectivity index (χ4v) is 3.43. The zero-order valence-corrected chi connectivity index (χ0v) is 18.5. The van der Waals surface area contributed by atoms with Crippen molar-refractivity contribution in [2.75, 3.05) is 13.6 Å². The van der Waals surface area contributed by atoms with E-state index in [2.05, 4.69) is 35.7 Å². The fraction of sp³-hybridized carbons (Fsp3) is 0.125. The first kappa shape index (κ1) is 24.3. The van der Waals surface area contributed by atoms with Crippen molar-refractivity contribution in [2.45, 2.75) is 6.54 Å². The number of rotatable bonds is 8. The molecule has 0 aliphatic rings. The van der Waals surface area contributed by atoms with Gasteiger partial charge in [0.1, 0.15) is 0 Å². The zero-order chi connectivity index (χ0) is 21.7. The van der Waals surface area contributed by atoms with Crippen molar-refractivity contribution in [3.63, 3.8) is 0 Å². The van der Waals surface area contributed by atoms with Gasteiger partial charge in [0.2, 0.25) is 0 Å². The van der Waals surface area contributed by atoms with Gasteiger partial charge in [-0.25, -0.2) is 0 Å². The number of benzene rings is 3. The molecule has 3 aromatic carbocycles. The van der Waals surface area contributed by atoms with E-state index in [1.807, 2.05) is 25.3 Å². The van der Waals surface area contributed by atoms with Gasteiger partial charge in [0, 0.05) is 36.3 Å². The Bertz CT molecular complexity index is 1080. The van der Waals surface area contributed by atoms with Crippen LogP contribution in [0, 0.1) is 10.1 Å². The minimum absolute atomic E-state index is 0. The number of carbonyl (C=O) groups is 1. The average Bonchev–Trinajstić information content (AvgIpc) is 2.74. The first-order valence-electron chi connectivity index (χ1n) is 9.36. The molecule has 0 heterocycles. The molecule has 0 aliphatic carbocycles. The van der Waals surface area contributed by atoms with Crippen molar-refractivity contribution < 1.29 is 9.72 Å². The van der Waals surface area contributed by atoms with Gasteiger partial charge in [0.05, 0.1) is 9.95 Å². The number of nitro groups is 1. The van der Waals surface area contributed by atoms with Crippen LogP contribution in [-0.2, 0) is 6.54 Å². The van der Waals surface area contributed by atoms with Crippen LogP contribution >= 0.6 is 24.0 Å². The topological polar surface area (TPSA) is 63.5 Å². The molecule has 0 saturated heterocycles. The Morgan fingerprint density at radius 3 is 2.16 bits per heavy atom. The molecular formula is C24H22Cl2N2O3. The summed E-state index contributed by atoms with van der Waals surface area (Å²) in [6.45, 7) is 5.42. The SMILES string of the molecule is C=CCN(C)Cc1ccc(-c2ccc(C(=O)c3ccc([N+](=O)[O-])cc3Cl)cc2)cc1.Cl. The Morgan fingerprint density at radius 2 is 1.65 bits per heavy atom. The fourth-order valence-electron chi connectivity index (χ4n) is 3.17. The van der Waals surface area contributed by atoms with Gasteiger partial charge in [0.25, 0.3) is 5.69 Å². The molecule has 0 saturated carbocycles. The van der Waals surface area contributed by atoms with Crippen LogP contribution in [0.3, 0.4) is 0 Å². The Labute approximate surface area is 192 Å². The highest BCUT2D eigenvalue weighted by atomic mass is 35.5. The highest BCUT2D eigenvalue weighted by molar-refractivity contribution is 6.35. The predicted octanol–water partition coefficient (Wildman–Crippen LogP) is 6.19. The van der Waals surface area contributed by atoms with Crippen molar-refractivity contribution in [1.82, 2.24) is 4.90 Å². The molecule has 5 nitrogen and oxygen atoms in total. The summed E-state index contributed by atoms with van der Waals surface area (Å²) in [6, 6.07) is 19.4.